The van der Waals surface area contributed by atoms with Gasteiger partial charge in [0.2, 0.25) is 0 Å². The summed E-state index contributed by atoms with van der Waals surface area (Å²) in [5.41, 5.74) is 0. The van der Waals surface area contributed by atoms with E-state index in [2.05, 4.69) is 0 Å². The molecular weight excluding hydrogens is 236 g/mol. The minimum atomic E-state index is -1.75. The third-order valence-corrected chi connectivity index (χ3v) is 0. The minimum absolute atomic E-state index is 0. The molecule has 9 heavy (non-hydrogen) atoms. The Morgan fingerprint density at radius 2 is 0.778 bits per heavy atom. The summed E-state index contributed by atoms with van der Waals surface area (Å²) < 4.78 is 0. The van der Waals surface area contributed by atoms with Crippen LogP contribution in [-0.4, -0.2) is 10.2 Å². The van der Waals surface area contributed by atoms with Crippen molar-refractivity contribution in [3.8, 4) is 0 Å². The fourth-order valence-electron chi connectivity index (χ4n) is 0. The second kappa shape index (κ2) is 10.3. The molecule has 0 aliphatic rings. The second-order valence-corrected chi connectivity index (χ2v) is 0.447. The van der Waals surface area contributed by atoms with Gasteiger partial charge in [-0.15, -0.1) is 0 Å². The first-order valence-corrected chi connectivity index (χ1v) is 1.10. The van der Waals surface area contributed by atoms with E-state index in [0.29, 0.717) is 0 Å². The van der Waals surface area contributed by atoms with Crippen LogP contribution in [0.15, 0.2) is 0 Å². The van der Waals surface area contributed by atoms with Gasteiger partial charge in [0, 0.05) is 27.3 Å². The maximum Gasteiger partial charge on any atom is 0.0689 e. The summed E-state index contributed by atoms with van der Waals surface area (Å²) in [5.74, 6) is 0. The molecule has 0 atom stereocenters. The molecule has 0 rings (SSSR count). The Morgan fingerprint density at radius 3 is 0.778 bits per heavy atom. The molecule has 0 spiro atoms. The van der Waals surface area contributed by atoms with E-state index in [4.69, 9.17) is 30.6 Å². The Balaban J connectivity index is -0.0000000720. The molecular formula is CdN2O6-2. The molecule has 0 aromatic rings. The van der Waals surface area contributed by atoms with Crippen molar-refractivity contribution in [2.45, 2.75) is 0 Å². The Labute approximate surface area is 68.5 Å². The normalized spacial score (nSPS) is 5.33. The van der Waals surface area contributed by atoms with Crippen LogP contribution in [0.5, 0.6) is 0 Å². The molecule has 0 N–H and O–H groups in total. The van der Waals surface area contributed by atoms with Crippen LogP contribution in [0.25, 0.3) is 0 Å². The molecule has 0 aromatic carbocycles. The molecule has 0 aromatic heterocycles. The minimum Gasteiger partial charge on any atom is -0.356 e. The fourth-order valence-corrected chi connectivity index (χ4v) is 0. The van der Waals surface area contributed by atoms with E-state index in [0.717, 1.165) is 0 Å². The molecule has 0 amide bonds. The number of rotatable bonds is 0. The third kappa shape index (κ3) is 451. The van der Waals surface area contributed by atoms with Crippen LogP contribution in [0, 0.1) is 30.6 Å². The molecule has 0 aliphatic carbocycles. The predicted molar refractivity (Wildman–Crippen MR) is 20.7 cm³/mol. The van der Waals surface area contributed by atoms with Crippen molar-refractivity contribution < 1.29 is 37.5 Å². The Hall–Kier alpha value is -0.678. The first-order chi connectivity index (χ1) is 3.46. The molecule has 0 saturated heterocycles. The molecule has 0 heterocycles. The van der Waals surface area contributed by atoms with Crippen molar-refractivity contribution in [1.29, 1.82) is 0 Å². The zero-order valence-electron chi connectivity index (χ0n) is 4.05. The van der Waals surface area contributed by atoms with Crippen molar-refractivity contribution in [3.05, 3.63) is 30.6 Å². The van der Waals surface area contributed by atoms with Gasteiger partial charge >= 0.3 is 0 Å². The van der Waals surface area contributed by atoms with E-state index < -0.39 is 10.2 Å². The topological polar surface area (TPSA) is 132 Å². The van der Waals surface area contributed by atoms with E-state index in [1.54, 1.807) is 0 Å². The average Bonchev–Trinajstić information content (AvgIpc) is 1.25. The standard InChI is InChI=1S/Cd.2NO3/c;2*2-1(3)4/q;2*-1. The zero-order chi connectivity index (χ0) is 7.15. The Bertz CT molecular complexity index is 69.1. The SMILES string of the molecule is O=[N+]([O-])[O-].O=[N+]([O-])[O-].[Cd]. The van der Waals surface area contributed by atoms with Crippen molar-refractivity contribution in [1.82, 2.24) is 0 Å². The molecule has 0 bridgehead atoms. The fraction of sp³-hybridized carbons (Fsp3) is 0. The molecule has 9 heteroatoms. The van der Waals surface area contributed by atoms with E-state index in [1.165, 1.54) is 0 Å². The van der Waals surface area contributed by atoms with E-state index in [9.17, 15) is 0 Å². The van der Waals surface area contributed by atoms with Gasteiger partial charge in [0.25, 0.3) is 0 Å². The molecule has 0 radical (unpaired) electrons. The maximum atomic E-state index is 8.25. The smallest absolute Gasteiger partial charge is 0.0689 e. The number of hydrogen-bond donors (Lipinski definition) is 0. The summed E-state index contributed by atoms with van der Waals surface area (Å²) in [7, 11) is 0. The monoisotopic (exact) mass is 238 g/mol. The van der Waals surface area contributed by atoms with Crippen LogP contribution >= 0.6 is 0 Å². The van der Waals surface area contributed by atoms with Crippen molar-refractivity contribution in [2.75, 3.05) is 0 Å². The van der Waals surface area contributed by atoms with Gasteiger partial charge < -0.3 is 30.6 Å². The maximum absolute atomic E-state index is 8.25. The number of nitrogens with zero attached hydrogens (tertiary/aromatic N) is 2. The third-order valence-electron chi connectivity index (χ3n) is 0. The van der Waals surface area contributed by atoms with Crippen LogP contribution in [0.1, 0.15) is 0 Å². The van der Waals surface area contributed by atoms with Gasteiger partial charge in [-0.05, 0) is 0 Å². The molecule has 8 nitrogen and oxygen atoms in total. The number of hydrogen-bond acceptors (Lipinski definition) is 6. The van der Waals surface area contributed by atoms with Gasteiger partial charge in [-0.25, -0.2) is 0 Å². The van der Waals surface area contributed by atoms with E-state index in [-0.39, 0.29) is 27.3 Å². The molecule has 0 saturated carbocycles. The Kier molecular flexibility index (Phi) is 18.1. The van der Waals surface area contributed by atoms with Gasteiger partial charge in [0.05, 0.1) is 10.2 Å². The summed E-state index contributed by atoms with van der Waals surface area (Å²) in [4.78, 5) is 16.5. The van der Waals surface area contributed by atoms with Crippen molar-refractivity contribution in [2.24, 2.45) is 0 Å². The van der Waals surface area contributed by atoms with Gasteiger partial charge in [-0.2, -0.15) is 0 Å². The molecule has 0 fully saturated rings. The van der Waals surface area contributed by atoms with Gasteiger partial charge in [-0.3, -0.25) is 0 Å². The van der Waals surface area contributed by atoms with Crippen molar-refractivity contribution >= 4 is 0 Å². The van der Waals surface area contributed by atoms with Crippen molar-refractivity contribution in [3.63, 3.8) is 0 Å². The summed E-state index contributed by atoms with van der Waals surface area (Å²) in [5, 5.41) is 29.5. The van der Waals surface area contributed by atoms with Gasteiger partial charge in [0.15, 0.2) is 0 Å². The van der Waals surface area contributed by atoms with E-state index in [1.807, 2.05) is 0 Å². The van der Waals surface area contributed by atoms with E-state index >= 15 is 0 Å². The first-order valence-electron chi connectivity index (χ1n) is 1.10. The average molecular weight is 236 g/mol. The van der Waals surface area contributed by atoms with Crippen LogP contribution in [0.2, 0.25) is 0 Å². The van der Waals surface area contributed by atoms with Crippen LogP contribution in [0.4, 0.5) is 0 Å². The molecule has 50 valence electrons. The first kappa shape index (κ1) is 15.8. The Morgan fingerprint density at radius 1 is 0.778 bits per heavy atom. The summed E-state index contributed by atoms with van der Waals surface area (Å²) in [6.45, 7) is 0. The predicted octanol–water partition coefficient (Wildman–Crippen LogP) is -0.481. The summed E-state index contributed by atoms with van der Waals surface area (Å²) in [6, 6.07) is 0. The summed E-state index contributed by atoms with van der Waals surface area (Å²) >= 11 is 0. The van der Waals surface area contributed by atoms with Crippen LogP contribution in [-0.2, 0) is 27.3 Å². The quantitative estimate of drug-likeness (QED) is 0.317. The molecule has 0 unspecified atom stereocenters. The zero-order valence-corrected chi connectivity index (χ0v) is 8.09. The van der Waals surface area contributed by atoms with Gasteiger partial charge in [0.1, 0.15) is 0 Å². The second-order valence-electron chi connectivity index (χ2n) is 0.447. The van der Waals surface area contributed by atoms with Crippen LogP contribution in [0.3, 0.4) is 0 Å². The largest absolute Gasteiger partial charge is 0.356 e. The molecule has 0 aliphatic heterocycles. The summed E-state index contributed by atoms with van der Waals surface area (Å²) in [6.07, 6.45) is 0. The van der Waals surface area contributed by atoms with Crippen LogP contribution < -0.4 is 0 Å². The van der Waals surface area contributed by atoms with Gasteiger partial charge in [-0.1, -0.05) is 0 Å².